The highest BCUT2D eigenvalue weighted by molar-refractivity contribution is 7.87. The van der Waals surface area contributed by atoms with Crippen LogP contribution in [0.3, 0.4) is 0 Å². The first-order chi connectivity index (χ1) is 15.2. The average molecular weight is 454 g/mol. The molecule has 10 heteroatoms. The van der Waals surface area contributed by atoms with E-state index in [1.54, 1.807) is 18.2 Å². The Hall–Kier alpha value is -3.26. The predicted molar refractivity (Wildman–Crippen MR) is 118 cm³/mol. The molecule has 3 N–H and O–H groups in total. The lowest BCUT2D eigenvalue weighted by Crippen LogP contribution is -2.35. The van der Waals surface area contributed by atoms with Gasteiger partial charge in [-0.25, -0.2) is 5.14 Å². The van der Waals surface area contributed by atoms with Crippen molar-refractivity contribution in [3.05, 3.63) is 53.1 Å². The van der Waals surface area contributed by atoms with E-state index in [-0.39, 0.29) is 12.0 Å². The number of hydrogen-bond donors (Lipinski definition) is 2. The minimum Gasteiger partial charge on any atom is -0.490 e. The largest absolute Gasteiger partial charge is 0.490 e. The van der Waals surface area contributed by atoms with Crippen LogP contribution in [0.25, 0.3) is 22.8 Å². The number of hydrogen-bond acceptors (Lipinski definition) is 7. The van der Waals surface area contributed by atoms with Gasteiger partial charge in [0.2, 0.25) is 5.82 Å². The van der Waals surface area contributed by atoms with E-state index in [2.05, 4.69) is 20.9 Å². The Balaban J connectivity index is 1.68. The van der Waals surface area contributed by atoms with Gasteiger partial charge in [-0.1, -0.05) is 23.4 Å². The van der Waals surface area contributed by atoms with Gasteiger partial charge < -0.3 is 9.26 Å². The van der Waals surface area contributed by atoms with Gasteiger partial charge in [-0.05, 0) is 62.4 Å². The number of fused-ring (bicyclic) bond motifs is 1. The zero-order valence-corrected chi connectivity index (χ0v) is 18.5. The van der Waals surface area contributed by atoms with Crippen LogP contribution in [0.5, 0.6) is 5.75 Å². The van der Waals surface area contributed by atoms with Crippen molar-refractivity contribution in [3.8, 4) is 34.7 Å². The third-order valence-electron chi connectivity index (χ3n) is 5.19. The summed E-state index contributed by atoms with van der Waals surface area (Å²) in [6, 6.07) is 12.5. The molecule has 0 fully saturated rings. The third-order valence-corrected chi connectivity index (χ3v) is 5.80. The van der Waals surface area contributed by atoms with E-state index in [1.807, 2.05) is 32.0 Å². The first-order valence-electron chi connectivity index (χ1n) is 10.2. The minimum atomic E-state index is -3.83. The summed E-state index contributed by atoms with van der Waals surface area (Å²) in [6.07, 6.45) is 2.16. The average Bonchev–Trinajstić information content (AvgIpc) is 3.22. The van der Waals surface area contributed by atoms with Crippen LogP contribution >= 0.6 is 0 Å². The van der Waals surface area contributed by atoms with E-state index in [1.165, 1.54) is 0 Å². The number of nitrogens with zero attached hydrogens (tertiary/aromatic N) is 3. The van der Waals surface area contributed by atoms with Crippen LogP contribution in [0.15, 0.2) is 40.9 Å². The van der Waals surface area contributed by atoms with Gasteiger partial charge in [0.05, 0.1) is 11.7 Å². The van der Waals surface area contributed by atoms with Crippen LogP contribution in [-0.2, 0) is 16.6 Å². The van der Waals surface area contributed by atoms with Crippen LogP contribution in [0.4, 0.5) is 0 Å². The Bertz CT molecular complexity index is 1290. The molecule has 0 spiro atoms. The summed E-state index contributed by atoms with van der Waals surface area (Å²) in [5, 5.41) is 18.8. The Morgan fingerprint density at radius 1 is 1.31 bits per heavy atom. The smallest absolute Gasteiger partial charge is 0.274 e. The van der Waals surface area contributed by atoms with E-state index >= 15 is 0 Å². The van der Waals surface area contributed by atoms with Crippen molar-refractivity contribution in [1.82, 2.24) is 14.9 Å². The standard InChI is InChI=1S/C22H23N5O4S/c1-13(2)30-20-10-9-14(11-15(20)12-23)22-25-21(26-31-22)18-7-3-6-17-16(18)5-4-8-19(17)27-32(24,28)29/h3,6-7,9-11,13,19,27H,4-5,8H2,1-2H3,(H2,24,28,29). The number of nitrogens with one attached hydrogen (secondary N) is 1. The van der Waals surface area contributed by atoms with E-state index in [0.29, 0.717) is 29.1 Å². The molecule has 166 valence electrons. The summed E-state index contributed by atoms with van der Waals surface area (Å²) in [5.74, 6) is 1.17. The number of benzene rings is 2. The quantitative estimate of drug-likeness (QED) is 0.583. The van der Waals surface area contributed by atoms with Crippen molar-refractivity contribution in [2.75, 3.05) is 0 Å². The van der Waals surface area contributed by atoms with Gasteiger partial charge in [0.1, 0.15) is 11.8 Å². The molecule has 9 nitrogen and oxygen atoms in total. The molecule has 0 aliphatic heterocycles. The molecule has 2 aromatic carbocycles. The van der Waals surface area contributed by atoms with E-state index in [9.17, 15) is 13.7 Å². The second kappa shape index (κ2) is 8.70. The molecule has 0 radical (unpaired) electrons. The fourth-order valence-corrected chi connectivity index (χ4v) is 4.58. The molecule has 32 heavy (non-hydrogen) atoms. The van der Waals surface area contributed by atoms with E-state index in [4.69, 9.17) is 14.4 Å². The van der Waals surface area contributed by atoms with E-state index < -0.39 is 16.3 Å². The number of rotatable bonds is 6. The van der Waals surface area contributed by atoms with Crippen molar-refractivity contribution in [1.29, 1.82) is 5.26 Å². The maximum absolute atomic E-state index is 11.6. The second-order valence-electron chi connectivity index (χ2n) is 7.89. The van der Waals surface area contributed by atoms with Crippen LogP contribution in [0, 0.1) is 11.3 Å². The molecule has 1 aliphatic carbocycles. The summed E-state index contributed by atoms with van der Waals surface area (Å²) in [7, 11) is -3.83. The molecule has 1 heterocycles. The molecule has 4 rings (SSSR count). The summed E-state index contributed by atoms with van der Waals surface area (Å²) in [4.78, 5) is 4.53. The Morgan fingerprint density at radius 3 is 2.84 bits per heavy atom. The lowest BCUT2D eigenvalue weighted by molar-refractivity contribution is 0.241. The fraction of sp³-hybridized carbons (Fsp3) is 0.318. The number of nitrogens with two attached hydrogens (primary N) is 1. The predicted octanol–water partition coefficient (Wildman–Crippen LogP) is 3.23. The lowest BCUT2D eigenvalue weighted by atomic mass is 9.85. The highest BCUT2D eigenvalue weighted by atomic mass is 32.2. The molecule has 1 unspecified atom stereocenters. The molecule has 0 bridgehead atoms. The van der Waals surface area contributed by atoms with Crippen molar-refractivity contribution in [2.45, 2.75) is 45.3 Å². The van der Waals surface area contributed by atoms with Gasteiger partial charge >= 0.3 is 0 Å². The minimum absolute atomic E-state index is 0.0558. The van der Waals surface area contributed by atoms with Crippen molar-refractivity contribution < 1.29 is 17.7 Å². The van der Waals surface area contributed by atoms with Crippen molar-refractivity contribution in [2.24, 2.45) is 5.14 Å². The maximum Gasteiger partial charge on any atom is 0.274 e. The summed E-state index contributed by atoms with van der Waals surface area (Å²) in [5.41, 5.74) is 3.58. The highest BCUT2D eigenvalue weighted by Gasteiger charge is 2.26. The normalized spacial score (nSPS) is 15.9. The molecule has 1 atom stereocenters. The topological polar surface area (TPSA) is 144 Å². The number of nitriles is 1. The third kappa shape index (κ3) is 4.65. The van der Waals surface area contributed by atoms with E-state index in [0.717, 1.165) is 29.5 Å². The van der Waals surface area contributed by atoms with Gasteiger partial charge in [0.15, 0.2) is 0 Å². The van der Waals surface area contributed by atoms with Gasteiger partial charge in [0, 0.05) is 17.2 Å². The van der Waals surface area contributed by atoms with Gasteiger partial charge in [0.25, 0.3) is 16.1 Å². The van der Waals surface area contributed by atoms with Crippen molar-refractivity contribution >= 4 is 10.2 Å². The summed E-state index contributed by atoms with van der Waals surface area (Å²) < 4.78 is 36.8. The van der Waals surface area contributed by atoms with Gasteiger partial charge in [-0.2, -0.15) is 23.4 Å². The van der Waals surface area contributed by atoms with Crippen LogP contribution in [0.1, 0.15) is 49.4 Å². The molecule has 3 aromatic rings. The molecule has 1 aliphatic rings. The first-order valence-corrected chi connectivity index (χ1v) is 11.8. The molecular formula is C22H23N5O4S. The van der Waals surface area contributed by atoms with Crippen molar-refractivity contribution in [3.63, 3.8) is 0 Å². The number of ether oxygens (including phenoxy) is 1. The Labute approximate surface area is 186 Å². The number of aromatic nitrogens is 2. The lowest BCUT2D eigenvalue weighted by Gasteiger charge is -2.26. The molecule has 0 saturated heterocycles. The Morgan fingerprint density at radius 2 is 2.12 bits per heavy atom. The van der Waals surface area contributed by atoms with Crippen LogP contribution in [0.2, 0.25) is 0 Å². The maximum atomic E-state index is 11.6. The van der Waals surface area contributed by atoms with Crippen LogP contribution in [-0.4, -0.2) is 24.7 Å². The molecule has 0 saturated carbocycles. The molecule has 0 amide bonds. The molecule has 1 aromatic heterocycles. The SMILES string of the molecule is CC(C)Oc1ccc(-c2nc(-c3cccc4c3CCCC4NS(N)(=O)=O)no2)cc1C#N. The fourth-order valence-electron chi connectivity index (χ4n) is 3.94. The summed E-state index contributed by atoms with van der Waals surface area (Å²) >= 11 is 0. The Kier molecular flexibility index (Phi) is 5.97. The first kappa shape index (κ1) is 22.0. The van der Waals surface area contributed by atoms with Gasteiger partial charge in [-0.3, -0.25) is 0 Å². The zero-order chi connectivity index (χ0) is 22.9. The molecular weight excluding hydrogens is 430 g/mol. The second-order valence-corrected chi connectivity index (χ2v) is 9.22. The zero-order valence-electron chi connectivity index (χ0n) is 17.7. The van der Waals surface area contributed by atoms with Crippen LogP contribution < -0.4 is 14.6 Å². The van der Waals surface area contributed by atoms with Gasteiger partial charge in [-0.15, -0.1) is 0 Å². The summed E-state index contributed by atoms with van der Waals surface area (Å²) in [6.45, 7) is 3.78. The monoisotopic (exact) mass is 453 g/mol. The highest BCUT2D eigenvalue weighted by Crippen LogP contribution is 2.36.